The van der Waals surface area contributed by atoms with Gasteiger partial charge in [0.25, 0.3) is 0 Å². The standard InChI is InChI=1S/C15H25N3O.HI/c1-3-11-17-15(16-4-2)18-12-8-13-19-14-9-6-5-7-10-14;/h5-7,9-10H,3-4,8,11-13H2,1-2H3,(H2,16,17,18);1H. The Bertz CT molecular complexity index is 357. The Labute approximate surface area is 139 Å². The molecule has 0 atom stereocenters. The molecule has 0 amide bonds. The number of rotatable bonds is 8. The molecule has 1 aromatic rings. The minimum absolute atomic E-state index is 0. The summed E-state index contributed by atoms with van der Waals surface area (Å²) in [5, 5.41) is 6.52. The first-order valence-electron chi connectivity index (χ1n) is 7.06. The van der Waals surface area contributed by atoms with Gasteiger partial charge < -0.3 is 15.4 Å². The zero-order valence-electron chi connectivity index (χ0n) is 12.4. The summed E-state index contributed by atoms with van der Waals surface area (Å²) in [5.74, 6) is 1.82. The molecule has 0 radical (unpaired) electrons. The second-order valence-electron chi connectivity index (χ2n) is 4.20. The number of hydrogen-bond acceptors (Lipinski definition) is 2. The summed E-state index contributed by atoms with van der Waals surface area (Å²) in [6.45, 7) is 7.51. The van der Waals surface area contributed by atoms with Crippen LogP contribution in [-0.2, 0) is 0 Å². The summed E-state index contributed by atoms with van der Waals surface area (Å²) in [5.41, 5.74) is 0. The molecule has 0 aromatic heterocycles. The molecule has 0 bridgehead atoms. The molecule has 2 N–H and O–H groups in total. The molecule has 5 heteroatoms. The van der Waals surface area contributed by atoms with Crippen molar-refractivity contribution in [2.24, 2.45) is 4.99 Å². The van der Waals surface area contributed by atoms with E-state index in [4.69, 9.17) is 4.74 Å². The van der Waals surface area contributed by atoms with Crippen LogP contribution in [0.25, 0.3) is 0 Å². The monoisotopic (exact) mass is 391 g/mol. The molecule has 0 aliphatic rings. The fourth-order valence-electron chi connectivity index (χ4n) is 1.55. The van der Waals surface area contributed by atoms with Crippen molar-refractivity contribution in [3.05, 3.63) is 30.3 Å². The van der Waals surface area contributed by atoms with Crippen molar-refractivity contribution in [3.63, 3.8) is 0 Å². The van der Waals surface area contributed by atoms with Crippen LogP contribution in [0.5, 0.6) is 5.75 Å². The van der Waals surface area contributed by atoms with Crippen molar-refractivity contribution in [1.82, 2.24) is 10.6 Å². The third kappa shape index (κ3) is 9.01. The van der Waals surface area contributed by atoms with Gasteiger partial charge in [-0.2, -0.15) is 0 Å². The van der Waals surface area contributed by atoms with Crippen molar-refractivity contribution >= 4 is 29.9 Å². The summed E-state index contributed by atoms with van der Waals surface area (Å²) in [7, 11) is 0. The minimum Gasteiger partial charge on any atom is -0.494 e. The summed E-state index contributed by atoms with van der Waals surface area (Å²) in [6, 6.07) is 9.89. The summed E-state index contributed by atoms with van der Waals surface area (Å²) >= 11 is 0. The van der Waals surface area contributed by atoms with Gasteiger partial charge in [0.05, 0.1) is 6.61 Å². The van der Waals surface area contributed by atoms with Crippen LogP contribution in [0.4, 0.5) is 0 Å². The van der Waals surface area contributed by atoms with Crippen molar-refractivity contribution in [1.29, 1.82) is 0 Å². The van der Waals surface area contributed by atoms with Crippen LogP contribution < -0.4 is 15.4 Å². The summed E-state index contributed by atoms with van der Waals surface area (Å²) < 4.78 is 5.63. The SMILES string of the molecule is CCCN=C(NCC)NCCCOc1ccccc1.I. The lowest BCUT2D eigenvalue weighted by Crippen LogP contribution is -2.38. The van der Waals surface area contributed by atoms with Gasteiger partial charge in [0.2, 0.25) is 0 Å². The van der Waals surface area contributed by atoms with E-state index in [0.29, 0.717) is 6.61 Å². The smallest absolute Gasteiger partial charge is 0.191 e. The fraction of sp³-hybridized carbons (Fsp3) is 0.533. The number of aliphatic imine (C=N–C) groups is 1. The molecule has 0 saturated heterocycles. The van der Waals surface area contributed by atoms with Crippen LogP contribution in [0.1, 0.15) is 26.7 Å². The third-order valence-corrected chi connectivity index (χ3v) is 2.46. The molecule has 0 heterocycles. The van der Waals surface area contributed by atoms with Crippen LogP contribution in [0, 0.1) is 0 Å². The van der Waals surface area contributed by atoms with Crippen molar-refractivity contribution in [2.45, 2.75) is 26.7 Å². The number of nitrogens with zero attached hydrogens (tertiary/aromatic N) is 1. The highest BCUT2D eigenvalue weighted by molar-refractivity contribution is 14.0. The van der Waals surface area contributed by atoms with Crippen molar-refractivity contribution < 1.29 is 4.74 Å². The molecule has 0 aliphatic heterocycles. The Morgan fingerprint density at radius 3 is 2.55 bits per heavy atom. The maximum absolute atomic E-state index is 5.63. The Morgan fingerprint density at radius 2 is 1.90 bits per heavy atom. The van der Waals surface area contributed by atoms with E-state index in [1.165, 1.54) is 0 Å². The van der Waals surface area contributed by atoms with Gasteiger partial charge in [0.15, 0.2) is 5.96 Å². The molecule has 0 saturated carbocycles. The second-order valence-corrected chi connectivity index (χ2v) is 4.20. The first-order valence-corrected chi connectivity index (χ1v) is 7.06. The van der Waals surface area contributed by atoms with E-state index >= 15 is 0 Å². The number of hydrogen-bond donors (Lipinski definition) is 2. The van der Waals surface area contributed by atoms with Gasteiger partial charge in [0, 0.05) is 19.6 Å². The summed E-state index contributed by atoms with van der Waals surface area (Å²) in [4.78, 5) is 4.44. The fourth-order valence-corrected chi connectivity index (χ4v) is 1.55. The van der Waals surface area contributed by atoms with E-state index in [0.717, 1.165) is 44.2 Å². The number of halogens is 1. The molecule has 20 heavy (non-hydrogen) atoms. The molecule has 1 aromatic carbocycles. The van der Waals surface area contributed by atoms with Gasteiger partial charge in [-0.05, 0) is 31.9 Å². The van der Waals surface area contributed by atoms with Gasteiger partial charge in [-0.3, -0.25) is 4.99 Å². The highest BCUT2D eigenvalue weighted by Gasteiger charge is 1.96. The topological polar surface area (TPSA) is 45.7 Å². The van der Waals surface area contributed by atoms with Gasteiger partial charge in [-0.15, -0.1) is 24.0 Å². The van der Waals surface area contributed by atoms with E-state index in [2.05, 4.69) is 29.5 Å². The Kier molecular flexibility index (Phi) is 12.4. The van der Waals surface area contributed by atoms with E-state index < -0.39 is 0 Å². The van der Waals surface area contributed by atoms with Gasteiger partial charge in [-0.25, -0.2) is 0 Å². The molecule has 4 nitrogen and oxygen atoms in total. The van der Waals surface area contributed by atoms with E-state index in [1.54, 1.807) is 0 Å². The lowest BCUT2D eigenvalue weighted by atomic mass is 10.3. The summed E-state index contributed by atoms with van der Waals surface area (Å²) in [6.07, 6.45) is 2.01. The molecular weight excluding hydrogens is 365 g/mol. The first-order chi connectivity index (χ1) is 9.36. The second kappa shape index (κ2) is 13.0. The predicted molar refractivity (Wildman–Crippen MR) is 96.2 cm³/mol. The normalized spacial score (nSPS) is 10.6. The van der Waals surface area contributed by atoms with Gasteiger partial charge >= 0.3 is 0 Å². The molecule has 0 unspecified atom stereocenters. The van der Waals surface area contributed by atoms with E-state index in [1.807, 2.05) is 30.3 Å². The van der Waals surface area contributed by atoms with E-state index in [9.17, 15) is 0 Å². The highest BCUT2D eigenvalue weighted by atomic mass is 127. The molecular formula is C15H26IN3O. The number of para-hydroxylation sites is 1. The number of nitrogens with one attached hydrogen (secondary N) is 2. The number of benzene rings is 1. The molecule has 0 aliphatic carbocycles. The van der Waals surface area contributed by atoms with Gasteiger partial charge in [0.1, 0.15) is 5.75 Å². The van der Waals surface area contributed by atoms with E-state index in [-0.39, 0.29) is 24.0 Å². The van der Waals surface area contributed by atoms with Crippen LogP contribution in [-0.4, -0.2) is 32.2 Å². The zero-order valence-corrected chi connectivity index (χ0v) is 14.7. The van der Waals surface area contributed by atoms with Crippen LogP contribution in [0.15, 0.2) is 35.3 Å². The third-order valence-electron chi connectivity index (χ3n) is 2.46. The Morgan fingerprint density at radius 1 is 1.15 bits per heavy atom. The van der Waals surface area contributed by atoms with Gasteiger partial charge in [-0.1, -0.05) is 25.1 Å². The lowest BCUT2D eigenvalue weighted by Gasteiger charge is -2.11. The molecule has 114 valence electrons. The van der Waals surface area contributed by atoms with Crippen molar-refractivity contribution in [3.8, 4) is 5.75 Å². The Balaban J connectivity index is 0.00000361. The maximum Gasteiger partial charge on any atom is 0.191 e. The highest BCUT2D eigenvalue weighted by Crippen LogP contribution is 2.07. The quantitative estimate of drug-likeness (QED) is 0.310. The lowest BCUT2D eigenvalue weighted by molar-refractivity contribution is 0.311. The average molecular weight is 391 g/mol. The zero-order chi connectivity index (χ0) is 13.8. The minimum atomic E-state index is 0. The first kappa shape index (κ1) is 19.0. The average Bonchev–Trinajstić information content (AvgIpc) is 2.45. The van der Waals surface area contributed by atoms with Crippen LogP contribution in [0.2, 0.25) is 0 Å². The predicted octanol–water partition coefficient (Wildman–Crippen LogP) is 3.04. The largest absolute Gasteiger partial charge is 0.494 e. The maximum atomic E-state index is 5.63. The van der Waals surface area contributed by atoms with Crippen molar-refractivity contribution in [2.75, 3.05) is 26.2 Å². The van der Waals surface area contributed by atoms with Crippen LogP contribution in [0.3, 0.4) is 0 Å². The van der Waals surface area contributed by atoms with Crippen LogP contribution >= 0.6 is 24.0 Å². The number of guanidine groups is 1. The molecule has 0 spiro atoms. The Hall–Kier alpha value is -0.980. The molecule has 1 rings (SSSR count). The number of ether oxygens (including phenoxy) is 1. The molecule has 0 fully saturated rings.